The maximum atomic E-state index is 5.49. The molecule has 4 heteroatoms. The number of hydrazone groups is 1. The van der Waals surface area contributed by atoms with E-state index in [1.165, 1.54) is 0 Å². The van der Waals surface area contributed by atoms with E-state index in [1.54, 1.807) is 11.8 Å². The van der Waals surface area contributed by atoms with Crippen LogP contribution in [-0.4, -0.2) is 29.0 Å². The molecular formula is C5H11N3S. The fraction of sp³-hybridized carbons (Fsp3) is 0.800. The molecule has 1 rings (SSSR count). The first kappa shape index (κ1) is 6.74. The molecule has 0 spiro atoms. The van der Waals surface area contributed by atoms with Crippen LogP contribution in [-0.2, 0) is 0 Å². The van der Waals surface area contributed by atoms with Crippen molar-refractivity contribution < 1.29 is 0 Å². The van der Waals surface area contributed by atoms with Crippen molar-refractivity contribution in [2.45, 2.75) is 12.2 Å². The molecule has 0 saturated heterocycles. The Hall–Kier alpha value is -0.380. The first-order valence-electron chi connectivity index (χ1n) is 2.90. The number of hydrogen-bond acceptors (Lipinski definition) is 4. The maximum Gasteiger partial charge on any atom is 0.178 e. The van der Waals surface area contributed by atoms with E-state index in [-0.39, 0.29) is 0 Å². The molecule has 1 unspecified atom stereocenters. The van der Waals surface area contributed by atoms with Crippen LogP contribution in [0.2, 0.25) is 0 Å². The number of nitrogens with zero attached hydrogens (tertiary/aromatic N) is 2. The Morgan fingerprint density at radius 2 is 2.56 bits per heavy atom. The maximum absolute atomic E-state index is 5.49. The normalized spacial score (nSPS) is 28.0. The minimum Gasteiger partial charge on any atom is -0.377 e. The molecule has 0 saturated carbocycles. The van der Waals surface area contributed by atoms with E-state index in [0.29, 0.717) is 10.4 Å². The Bertz CT molecular complexity index is 134. The minimum absolute atomic E-state index is 0.576. The van der Waals surface area contributed by atoms with Crippen LogP contribution in [0.15, 0.2) is 5.10 Å². The van der Waals surface area contributed by atoms with Crippen LogP contribution in [0.4, 0.5) is 0 Å². The molecule has 0 aromatic heterocycles. The first-order chi connectivity index (χ1) is 4.18. The third-order valence-corrected chi connectivity index (χ3v) is 1.99. The summed E-state index contributed by atoms with van der Waals surface area (Å²) in [5, 5.41) is 7.15. The van der Waals surface area contributed by atoms with Gasteiger partial charge in [-0.1, -0.05) is 18.7 Å². The summed E-state index contributed by atoms with van der Waals surface area (Å²) in [6, 6.07) is 0. The summed E-state index contributed by atoms with van der Waals surface area (Å²) >= 11 is 1.63. The smallest absolute Gasteiger partial charge is 0.178 e. The Kier molecular flexibility index (Phi) is 1.85. The zero-order chi connectivity index (χ0) is 6.85. The Morgan fingerprint density at radius 1 is 1.89 bits per heavy atom. The highest BCUT2D eigenvalue weighted by molar-refractivity contribution is 8.14. The van der Waals surface area contributed by atoms with Crippen molar-refractivity contribution in [2.75, 3.05) is 13.6 Å². The number of thioether (sulfide) groups is 1. The van der Waals surface area contributed by atoms with Gasteiger partial charge in [-0.25, -0.2) is 0 Å². The summed E-state index contributed by atoms with van der Waals surface area (Å²) in [4.78, 5) is 0. The van der Waals surface area contributed by atoms with E-state index in [2.05, 4.69) is 12.0 Å². The molecule has 1 aliphatic heterocycles. The predicted octanol–water partition coefficient (Wildman–Crippen LogP) is 0.283. The molecule has 1 atom stereocenters. The van der Waals surface area contributed by atoms with Crippen LogP contribution in [0.25, 0.3) is 0 Å². The summed E-state index contributed by atoms with van der Waals surface area (Å²) in [6.07, 6.45) is 0. The van der Waals surface area contributed by atoms with E-state index in [4.69, 9.17) is 5.73 Å². The second-order valence-electron chi connectivity index (χ2n) is 2.21. The van der Waals surface area contributed by atoms with E-state index in [0.717, 1.165) is 6.54 Å². The Balaban J connectivity index is 2.56. The first-order valence-corrected chi connectivity index (χ1v) is 3.78. The molecule has 0 bridgehead atoms. The molecule has 3 nitrogen and oxygen atoms in total. The zero-order valence-corrected chi connectivity index (χ0v) is 6.48. The molecule has 2 N–H and O–H groups in total. The highest BCUT2D eigenvalue weighted by atomic mass is 32.2. The van der Waals surface area contributed by atoms with Crippen LogP contribution < -0.4 is 5.73 Å². The predicted molar refractivity (Wildman–Crippen MR) is 41.3 cm³/mol. The van der Waals surface area contributed by atoms with Crippen molar-refractivity contribution in [3.63, 3.8) is 0 Å². The van der Waals surface area contributed by atoms with Gasteiger partial charge in [0.25, 0.3) is 0 Å². The third-order valence-electron chi connectivity index (χ3n) is 1.11. The number of amidine groups is 1. The lowest BCUT2D eigenvalue weighted by atomic mass is 10.5. The molecule has 1 heterocycles. The molecule has 0 aromatic rings. The summed E-state index contributed by atoms with van der Waals surface area (Å²) < 4.78 is 0. The van der Waals surface area contributed by atoms with Crippen molar-refractivity contribution >= 4 is 16.9 Å². The topological polar surface area (TPSA) is 41.6 Å². The van der Waals surface area contributed by atoms with Crippen LogP contribution in [0.5, 0.6) is 0 Å². The molecule has 0 aliphatic carbocycles. The van der Waals surface area contributed by atoms with E-state index >= 15 is 0 Å². The van der Waals surface area contributed by atoms with E-state index in [9.17, 15) is 0 Å². The zero-order valence-electron chi connectivity index (χ0n) is 5.66. The van der Waals surface area contributed by atoms with Crippen LogP contribution in [0.3, 0.4) is 0 Å². The third kappa shape index (κ3) is 1.78. The number of hydrogen-bond donors (Lipinski definition) is 1. The summed E-state index contributed by atoms with van der Waals surface area (Å²) in [5.74, 6) is 0. The molecule has 52 valence electrons. The van der Waals surface area contributed by atoms with Gasteiger partial charge in [-0.2, -0.15) is 5.10 Å². The average molecular weight is 145 g/mol. The second-order valence-corrected chi connectivity index (χ2v) is 3.67. The van der Waals surface area contributed by atoms with Gasteiger partial charge in [0.1, 0.15) is 0 Å². The molecule has 1 aliphatic rings. The standard InChI is InChI=1S/C5H11N3S/c1-4-3-8(2)7-5(6)9-4/h4H,3H2,1-2H3,(H2,6,7). The van der Waals surface area contributed by atoms with Gasteiger partial charge in [0.2, 0.25) is 0 Å². The monoisotopic (exact) mass is 145 g/mol. The fourth-order valence-corrected chi connectivity index (χ4v) is 1.74. The van der Waals surface area contributed by atoms with Crippen molar-refractivity contribution in [3.8, 4) is 0 Å². The fourth-order valence-electron chi connectivity index (χ4n) is 0.848. The van der Waals surface area contributed by atoms with Crippen LogP contribution in [0.1, 0.15) is 6.92 Å². The van der Waals surface area contributed by atoms with Crippen molar-refractivity contribution in [1.82, 2.24) is 5.01 Å². The van der Waals surface area contributed by atoms with Gasteiger partial charge in [0.15, 0.2) is 5.17 Å². The molecule has 0 amide bonds. The summed E-state index contributed by atoms with van der Waals surface area (Å²) in [6.45, 7) is 3.13. The summed E-state index contributed by atoms with van der Waals surface area (Å²) in [5.41, 5.74) is 5.49. The summed E-state index contributed by atoms with van der Waals surface area (Å²) in [7, 11) is 1.93. The van der Waals surface area contributed by atoms with Gasteiger partial charge in [0.05, 0.1) is 0 Å². The lowest BCUT2D eigenvalue weighted by Gasteiger charge is -2.23. The minimum atomic E-state index is 0.576. The SMILES string of the molecule is CC1CN(C)N=C(N)S1. The lowest BCUT2D eigenvalue weighted by Crippen LogP contribution is -2.30. The van der Waals surface area contributed by atoms with Gasteiger partial charge in [0, 0.05) is 18.8 Å². The molecular weight excluding hydrogens is 134 g/mol. The van der Waals surface area contributed by atoms with Crippen molar-refractivity contribution in [3.05, 3.63) is 0 Å². The number of rotatable bonds is 0. The second kappa shape index (κ2) is 2.47. The van der Waals surface area contributed by atoms with Gasteiger partial charge in [-0.05, 0) is 0 Å². The lowest BCUT2D eigenvalue weighted by molar-refractivity contribution is 0.356. The molecule has 0 aromatic carbocycles. The molecule has 0 radical (unpaired) electrons. The Labute approximate surface area is 59.3 Å². The van der Waals surface area contributed by atoms with E-state index in [1.807, 2.05) is 12.1 Å². The van der Waals surface area contributed by atoms with E-state index < -0.39 is 0 Å². The number of nitrogens with two attached hydrogens (primary N) is 1. The quantitative estimate of drug-likeness (QED) is 0.532. The van der Waals surface area contributed by atoms with Crippen LogP contribution in [0, 0.1) is 0 Å². The van der Waals surface area contributed by atoms with Crippen molar-refractivity contribution in [2.24, 2.45) is 10.8 Å². The average Bonchev–Trinajstić information content (AvgIpc) is 1.59. The molecule has 9 heavy (non-hydrogen) atoms. The molecule has 0 fully saturated rings. The van der Waals surface area contributed by atoms with Crippen molar-refractivity contribution in [1.29, 1.82) is 0 Å². The largest absolute Gasteiger partial charge is 0.377 e. The van der Waals surface area contributed by atoms with Gasteiger partial charge >= 0.3 is 0 Å². The van der Waals surface area contributed by atoms with Gasteiger partial charge in [-0.3, -0.25) is 5.01 Å². The highest BCUT2D eigenvalue weighted by Gasteiger charge is 2.13. The van der Waals surface area contributed by atoms with Crippen LogP contribution >= 0.6 is 11.8 Å². The van der Waals surface area contributed by atoms with Gasteiger partial charge < -0.3 is 5.73 Å². The Morgan fingerprint density at radius 3 is 3.00 bits per heavy atom. The van der Waals surface area contributed by atoms with Gasteiger partial charge in [-0.15, -0.1) is 0 Å². The highest BCUT2D eigenvalue weighted by Crippen LogP contribution is 2.15.